The van der Waals surface area contributed by atoms with Gasteiger partial charge < -0.3 is 10.2 Å². The van der Waals surface area contributed by atoms with Crippen molar-refractivity contribution < 1.29 is 14.4 Å². The van der Waals surface area contributed by atoms with Gasteiger partial charge in [-0.25, -0.2) is 4.79 Å². The van der Waals surface area contributed by atoms with Gasteiger partial charge in [0.2, 0.25) is 5.91 Å². The first-order valence-electron chi connectivity index (χ1n) is 8.55. The van der Waals surface area contributed by atoms with Gasteiger partial charge in [0.15, 0.2) is 0 Å². The molecular weight excluding hydrogens is 306 g/mol. The second-order valence-corrected chi connectivity index (χ2v) is 7.09. The number of nitrogens with one attached hydrogen (secondary N) is 2. The molecule has 1 aliphatic carbocycles. The van der Waals surface area contributed by atoms with Crippen LogP contribution in [0, 0.1) is 5.92 Å². The van der Waals surface area contributed by atoms with Gasteiger partial charge in [0, 0.05) is 19.0 Å². The Labute approximate surface area is 140 Å². The lowest BCUT2D eigenvalue weighted by molar-refractivity contribution is -0.142. The highest BCUT2D eigenvalue weighted by Gasteiger charge is 2.49. The van der Waals surface area contributed by atoms with Crippen molar-refractivity contribution in [3.8, 4) is 0 Å². The van der Waals surface area contributed by atoms with Crippen LogP contribution in [0.5, 0.6) is 0 Å². The van der Waals surface area contributed by atoms with Gasteiger partial charge in [0.25, 0.3) is 5.91 Å². The minimum atomic E-state index is -0.806. The van der Waals surface area contributed by atoms with E-state index in [-0.39, 0.29) is 17.7 Å². The average Bonchev–Trinajstić information content (AvgIpc) is 2.81. The summed E-state index contributed by atoms with van der Waals surface area (Å²) in [4.78, 5) is 37.8. The lowest BCUT2D eigenvalue weighted by Gasteiger charge is -2.42. The largest absolute Gasteiger partial charge is 0.342 e. The summed E-state index contributed by atoms with van der Waals surface area (Å²) in [5, 5.41) is 5.02. The molecule has 6 heteroatoms. The van der Waals surface area contributed by atoms with E-state index in [1.54, 1.807) is 0 Å². The molecule has 0 bridgehead atoms. The summed E-state index contributed by atoms with van der Waals surface area (Å²) < 4.78 is 0. The molecular formula is C18H21N3O3. The molecule has 1 aromatic carbocycles. The molecule has 3 fully saturated rings. The van der Waals surface area contributed by atoms with Gasteiger partial charge in [0.05, 0.1) is 0 Å². The maximum absolute atomic E-state index is 12.6. The van der Waals surface area contributed by atoms with E-state index in [4.69, 9.17) is 0 Å². The molecule has 1 saturated carbocycles. The van der Waals surface area contributed by atoms with Crippen molar-refractivity contribution in [1.29, 1.82) is 0 Å². The van der Waals surface area contributed by atoms with E-state index in [0.29, 0.717) is 31.8 Å². The second kappa shape index (κ2) is 5.61. The number of imide groups is 1. The molecule has 2 N–H and O–H groups in total. The number of likely N-dealkylation sites (tertiary alicyclic amines) is 1. The Morgan fingerprint density at radius 1 is 1.08 bits per heavy atom. The van der Waals surface area contributed by atoms with Crippen LogP contribution in [0.3, 0.4) is 0 Å². The van der Waals surface area contributed by atoms with Gasteiger partial charge in [-0.05, 0) is 37.2 Å². The van der Waals surface area contributed by atoms with Gasteiger partial charge in [-0.1, -0.05) is 30.3 Å². The first kappa shape index (κ1) is 15.2. The van der Waals surface area contributed by atoms with E-state index < -0.39 is 11.6 Å². The predicted octanol–water partition coefficient (Wildman–Crippen LogP) is 1.38. The van der Waals surface area contributed by atoms with Crippen LogP contribution in [0.2, 0.25) is 0 Å². The highest BCUT2D eigenvalue weighted by atomic mass is 16.2. The Kier molecular flexibility index (Phi) is 3.55. The number of hydrogen-bond donors (Lipinski definition) is 2. The number of rotatable bonds is 2. The summed E-state index contributed by atoms with van der Waals surface area (Å²) in [5.74, 6) is 0.515. The van der Waals surface area contributed by atoms with E-state index in [1.807, 2.05) is 23.1 Å². The third-order valence-corrected chi connectivity index (χ3v) is 5.70. The van der Waals surface area contributed by atoms with Crippen LogP contribution in [0.4, 0.5) is 4.79 Å². The molecule has 0 unspecified atom stereocenters. The zero-order valence-electron chi connectivity index (χ0n) is 13.5. The van der Waals surface area contributed by atoms with Crippen LogP contribution >= 0.6 is 0 Å². The number of urea groups is 1. The quantitative estimate of drug-likeness (QED) is 0.806. The topological polar surface area (TPSA) is 78.5 Å². The van der Waals surface area contributed by atoms with Crippen LogP contribution in [0.1, 0.15) is 37.2 Å². The third kappa shape index (κ3) is 2.46. The number of amides is 4. The van der Waals surface area contributed by atoms with Crippen LogP contribution in [-0.2, 0) is 9.59 Å². The number of carbonyl (C=O) groups is 3. The average molecular weight is 327 g/mol. The number of carbonyl (C=O) groups excluding carboxylic acids is 3. The summed E-state index contributed by atoms with van der Waals surface area (Å²) in [5.41, 5.74) is 0.504. The van der Waals surface area contributed by atoms with Crippen molar-refractivity contribution in [2.45, 2.75) is 37.1 Å². The van der Waals surface area contributed by atoms with Gasteiger partial charge in [-0.15, -0.1) is 0 Å². The molecule has 3 aliphatic rings. The number of hydrogen-bond acceptors (Lipinski definition) is 3. The fourth-order valence-electron chi connectivity index (χ4n) is 4.06. The van der Waals surface area contributed by atoms with Crippen molar-refractivity contribution in [2.24, 2.45) is 5.92 Å². The van der Waals surface area contributed by atoms with Crippen molar-refractivity contribution in [2.75, 3.05) is 13.1 Å². The summed E-state index contributed by atoms with van der Waals surface area (Å²) in [6.07, 6.45) is 2.79. The summed E-state index contributed by atoms with van der Waals surface area (Å²) >= 11 is 0. The molecule has 2 heterocycles. The van der Waals surface area contributed by atoms with E-state index in [9.17, 15) is 14.4 Å². The number of nitrogens with zero attached hydrogens (tertiary/aromatic N) is 1. The zero-order valence-corrected chi connectivity index (χ0v) is 13.5. The van der Waals surface area contributed by atoms with Crippen molar-refractivity contribution >= 4 is 17.8 Å². The Bertz CT molecular complexity index is 674. The highest BCUT2D eigenvalue weighted by Crippen LogP contribution is 2.43. The lowest BCUT2D eigenvalue weighted by Crippen LogP contribution is -2.57. The van der Waals surface area contributed by atoms with Gasteiger partial charge in [0.1, 0.15) is 5.54 Å². The summed E-state index contributed by atoms with van der Waals surface area (Å²) in [7, 11) is 0. The molecule has 6 nitrogen and oxygen atoms in total. The van der Waals surface area contributed by atoms with E-state index in [0.717, 1.165) is 12.8 Å². The van der Waals surface area contributed by atoms with Crippen LogP contribution in [0.15, 0.2) is 30.3 Å². The van der Waals surface area contributed by atoms with Crippen LogP contribution in [-0.4, -0.2) is 41.4 Å². The SMILES string of the molecule is O=C1NC(=O)C2(CCN(C(=O)C3CC(c4ccccc4)C3)CC2)N1. The van der Waals surface area contributed by atoms with Crippen molar-refractivity contribution in [3.63, 3.8) is 0 Å². The Hall–Kier alpha value is -2.37. The second-order valence-electron chi connectivity index (χ2n) is 7.09. The van der Waals surface area contributed by atoms with Crippen molar-refractivity contribution in [3.05, 3.63) is 35.9 Å². The molecule has 1 aromatic rings. The number of benzene rings is 1. The maximum Gasteiger partial charge on any atom is 0.322 e. The molecule has 126 valence electrons. The van der Waals surface area contributed by atoms with Crippen molar-refractivity contribution in [1.82, 2.24) is 15.5 Å². The molecule has 24 heavy (non-hydrogen) atoms. The molecule has 2 aliphatic heterocycles. The lowest BCUT2D eigenvalue weighted by atomic mass is 9.70. The van der Waals surface area contributed by atoms with Crippen LogP contribution in [0.25, 0.3) is 0 Å². The summed E-state index contributed by atoms with van der Waals surface area (Å²) in [6, 6.07) is 9.90. The Morgan fingerprint density at radius 2 is 1.75 bits per heavy atom. The maximum atomic E-state index is 12.6. The monoisotopic (exact) mass is 327 g/mol. The minimum Gasteiger partial charge on any atom is -0.342 e. The smallest absolute Gasteiger partial charge is 0.322 e. The molecule has 0 atom stereocenters. The zero-order chi connectivity index (χ0) is 16.7. The standard InChI is InChI=1S/C18H21N3O3/c22-15(14-10-13(11-14)12-4-2-1-3-5-12)21-8-6-18(7-9-21)16(23)19-17(24)20-18/h1-5,13-14H,6-11H2,(H2,19,20,23,24). The van der Waals surface area contributed by atoms with Gasteiger partial charge in [-0.2, -0.15) is 0 Å². The third-order valence-electron chi connectivity index (χ3n) is 5.70. The molecule has 4 rings (SSSR count). The van der Waals surface area contributed by atoms with Gasteiger partial charge >= 0.3 is 6.03 Å². The molecule has 1 spiro atoms. The first-order chi connectivity index (χ1) is 11.6. The Balaban J connectivity index is 1.32. The normalized spacial score (nSPS) is 28.2. The fourth-order valence-corrected chi connectivity index (χ4v) is 4.06. The van der Waals surface area contributed by atoms with E-state index >= 15 is 0 Å². The van der Waals surface area contributed by atoms with E-state index in [2.05, 4.69) is 22.8 Å². The van der Waals surface area contributed by atoms with Gasteiger partial charge in [-0.3, -0.25) is 14.9 Å². The molecule has 2 saturated heterocycles. The predicted molar refractivity (Wildman–Crippen MR) is 87.1 cm³/mol. The fraction of sp³-hybridized carbons (Fsp3) is 0.500. The first-order valence-corrected chi connectivity index (χ1v) is 8.55. The van der Waals surface area contributed by atoms with E-state index in [1.165, 1.54) is 5.56 Å². The Morgan fingerprint density at radius 3 is 2.33 bits per heavy atom. The summed E-state index contributed by atoms with van der Waals surface area (Å²) in [6.45, 7) is 1.05. The van der Waals surface area contributed by atoms with Crippen LogP contribution < -0.4 is 10.6 Å². The minimum absolute atomic E-state index is 0.0938. The highest BCUT2D eigenvalue weighted by molar-refractivity contribution is 6.07. The molecule has 0 radical (unpaired) electrons. The molecule has 0 aromatic heterocycles. The number of piperidine rings is 1. The molecule has 4 amide bonds.